The van der Waals surface area contributed by atoms with Gasteiger partial charge in [-0.2, -0.15) is 0 Å². The van der Waals surface area contributed by atoms with Gasteiger partial charge in [-0.15, -0.1) is 0 Å². The molecule has 1 aliphatic rings. The van der Waals surface area contributed by atoms with E-state index in [0.717, 1.165) is 22.6 Å². The third-order valence-electron chi connectivity index (χ3n) is 5.05. The van der Waals surface area contributed by atoms with Gasteiger partial charge < -0.3 is 15.4 Å². The fraction of sp³-hybridized carbons (Fsp3) is 0.261. The van der Waals surface area contributed by atoms with Gasteiger partial charge in [-0.05, 0) is 49.7 Å². The summed E-state index contributed by atoms with van der Waals surface area (Å²) in [5.74, 6) is 1.36. The third-order valence-corrected chi connectivity index (χ3v) is 5.05. The van der Waals surface area contributed by atoms with Gasteiger partial charge in [-0.1, -0.05) is 0 Å². The zero-order chi connectivity index (χ0) is 22.5. The number of pyridine rings is 1. The highest BCUT2D eigenvalue weighted by Crippen LogP contribution is 2.26. The summed E-state index contributed by atoms with van der Waals surface area (Å²) < 4.78 is 5.90. The number of benzene rings is 1. The normalized spacial score (nSPS) is 15.2. The van der Waals surface area contributed by atoms with Gasteiger partial charge in [0, 0.05) is 30.1 Å². The summed E-state index contributed by atoms with van der Waals surface area (Å²) in [6.07, 6.45) is 5.21. The Morgan fingerprint density at radius 2 is 2.03 bits per heavy atom. The number of hydrogen-bond donors (Lipinski definition) is 3. The molecule has 1 aromatic carbocycles. The van der Waals surface area contributed by atoms with Crippen LogP contribution in [0.4, 0.5) is 16.3 Å². The minimum absolute atomic E-state index is 0.0712. The van der Waals surface area contributed by atoms with Gasteiger partial charge in [-0.25, -0.2) is 9.78 Å². The van der Waals surface area contributed by atoms with E-state index < -0.39 is 6.03 Å². The van der Waals surface area contributed by atoms with Crippen LogP contribution in [0.5, 0.6) is 5.75 Å². The Kier molecular flexibility index (Phi) is 6.25. The maximum atomic E-state index is 12.3. The van der Waals surface area contributed by atoms with Crippen LogP contribution in [-0.4, -0.2) is 40.0 Å². The minimum Gasteiger partial charge on any atom is -0.493 e. The number of carbonyl (C=O) groups excluding carboxylic acids is 2. The molecular weight excluding hydrogens is 408 g/mol. The third kappa shape index (κ3) is 5.37. The summed E-state index contributed by atoms with van der Waals surface area (Å²) in [7, 11) is 0. The molecule has 1 unspecified atom stereocenters. The number of urea groups is 1. The Labute approximate surface area is 185 Å². The number of aromatic nitrogens is 3. The highest BCUT2D eigenvalue weighted by Gasteiger charge is 2.22. The van der Waals surface area contributed by atoms with Gasteiger partial charge in [0.25, 0.3) is 0 Å². The second-order valence-electron chi connectivity index (χ2n) is 7.72. The van der Waals surface area contributed by atoms with Crippen molar-refractivity contribution in [1.29, 1.82) is 0 Å². The molecule has 32 heavy (non-hydrogen) atoms. The Morgan fingerprint density at radius 1 is 1.16 bits per heavy atom. The lowest BCUT2D eigenvalue weighted by atomic mass is 10.1. The first kappa shape index (κ1) is 21.2. The van der Waals surface area contributed by atoms with Crippen LogP contribution in [0, 0.1) is 19.8 Å². The van der Waals surface area contributed by atoms with Crippen LogP contribution >= 0.6 is 0 Å². The van der Waals surface area contributed by atoms with Gasteiger partial charge in [0.1, 0.15) is 5.75 Å². The predicted molar refractivity (Wildman–Crippen MR) is 120 cm³/mol. The minimum atomic E-state index is -0.429. The van der Waals surface area contributed by atoms with Crippen molar-refractivity contribution in [2.75, 3.05) is 23.8 Å². The molecule has 4 rings (SSSR count). The first-order chi connectivity index (χ1) is 15.5. The highest BCUT2D eigenvalue weighted by molar-refractivity contribution is 5.99. The largest absolute Gasteiger partial charge is 0.493 e. The average Bonchev–Trinajstić information content (AvgIpc) is 3.19. The summed E-state index contributed by atoms with van der Waals surface area (Å²) in [6.45, 7) is 4.97. The summed E-state index contributed by atoms with van der Waals surface area (Å²) in [4.78, 5) is 36.4. The smallest absolute Gasteiger partial charge is 0.324 e. The van der Waals surface area contributed by atoms with Crippen molar-refractivity contribution in [3.05, 3.63) is 60.2 Å². The molecule has 1 atom stereocenters. The van der Waals surface area contributed by atoms with Crippen LogP contribution in [0.2, 0.25) is 0 Å². The van der Waals surface area contributed by atoms with Crippen molar-refractivity contribution >= 4 is 23.4 Å². The van der Waals surface area contributed by atoms with E-state index >= 15 is 0 Å². The van der Waals surface area contributed by atoms with Gasteiger partial charge in [0.15, 0.2) is 5.82 Å². The van der Waals surface area contributed by atoms with E-state index in [2.05, 4.69) is 30.9 Å². The molecule has 3 heterocycles. The topological polar surface area (TPSA) is 118 Å². The molecule has 0 aliphatic carbocycles. The quantitative estimate of drug-likeness (QED) is 0.550. The fourth-order valence-corrected chi connectivity index (χ4v) is 3.35. The molecule has 0 spiro atoms. The van der Waals surface area contributed by atoms with E-state index in [0.29, 0.717) is 36.8 Å². The van der Waals surface area contributed by atoms with Crippen molar-refractivity contribution in [2.45, 2.75) is 20.3 Å². The van der Waals surface area contributed by atoms with E-state index in [1.807, 2.05) is 38.1 Å². The molecule has 3 amide bonds. The van der Waals surface area contributed by atoms with E-state index in [4.69, 9.17) is 4.74 Å². The average molecular weight is 432 g/mol. The molecule has 1 aliphatic heterocycles. The first-order valence-electron chi connectivity index (χ1n) is 10.3. The predicted octanol–water partition coefficient (Wildman–Crippen LogP) is 3.31. The number of nitrogens with zero attached hydrogens (tertiary/aromatic N) is 3. The summed E-state index contributed by atoms with van der Waals surface area (Å²) >= 11 is 0. The van der Waals surface area contributed by atoms with Gasteiger partial charge in [-0.3, -0.25) is 20.1 Å². The van der Waals surface area contributed by atoms with Crippen LogP contribution in [0.25, 0.3) is 11.3 Å². The van der Waals surface area contributed by atoms with Gasteiger partial charge in [0.2, 0.25) is 5.91 Å². The monoisotopic (exact) mass is 432 g/mol. The fourth-order valence-electron chi connectivity index (χ4n) is 3.35. The lowest BCUT2D eigenvalue weighted by Gasteiger charge is -2.13. The zero-order valence-electron chi connectivity index (χ0n) is 17.9. The number of hydrogen-bond acceptors (Lipinski definition) is 6. The number of ether oxygens (including phenoxy) is 1. The van der Waals surface area contributed by atoms with E-state index in [1.165, 1.54) is 6.20 Å². The molecule has 0 bridgehead atoms. The van der Waals surface area contributed by atoms with Crippen molar-refractivity contribution in [3.8, 4) is 17.0 Å². The number of amides is 3. The molecule has 164 valence electrons. The molecule has 1 fully saturated rings. The van der Waals surface area contributed by atoms with Crippen LogP contribution in [-0.2, 0) is 4.79 Å². The number of aryl methyl sites for hydroxylation is 2. The summed E-state index contributed by atoms with van der Waals surface area (Å²) in [6, 6.07) is 8.90. The summed E-state index contributed by atoms with van der Waals surface area (Å²) in [5, 5.41) is 8.21. The van der Waals surface area contributed by atoms with E-state index in [1.54, 1.807) is 18.5 Å². The second-order valence-corrected chi connectivity index (χ2v) is 7.72. The lowest BCUT2D eigenvalue weighted by Crippen LogP contribution is -2.20. The lowest BCUT2D eigenvalue weighted by molar-refractivity contribution is -0.119. The first-order valence-corrected chi connectivity index (χ1v) is 10.3. The Morgan fingerprint density at radius 3 is 2.75 bits per heavy atom. The second kappa shape index (κ2) is 9.42. The standard InChI is InChI=1S/C23H24N6O3/c1-14-7-17(4-6-20(14)32-13-16-8-22(30)26-9-16)19-11-24-12-21(28-19)29-23(31)27-18-5-3-15(2)25-10-18/h3-7,10-12,16H,8-9,13H2,1-2H3,(H,26,30)(H2,27,28,29,31). The Balaban J connectivity index is 1.39. The van der Waals surface area contributed by atoms with Crippen molar-refractivity contribution in [1.82, 2.24) is 20.3 Å². The van der Waals surface area contributed by atoms with Gasteiger partial charge in [0.05, 0.1) is 36.6 Å². The maximum Gasteiger partial charge on any atom is 0.324 e. The van der Waals surface area contributed by atoms with Crippen molar-refractivity contribution < 1.29 is 14.3 Å². The van der Waals surface area contributed by atoms with Crippen LogP contribution in [0.3, 0.4) is 0 Å². The Bertz CT molecular complexity index is 1130. The Hall–Kier alpha value is -4.01. The molecule has 3 aromatic rings. The highest BCUT2D eigenvalue weighted by atomic mass is 16.5. The van der Waals surface area contributed by atoms with Crippen LogP contribution in [0.1, 0.15) is 17.7 Å². The van der Waals surface area contributed by atoms with Crippen molar-refractivity contribution in [3.63, 3.8) is 0 Å². The SMILES string of the molecule is Cc1ccc(NC(=O)Nc2cncc(-c3ccc(OCC4CNC(=O)C4)c(C)c3)n2)cn1. The molecule has 9 nitrogen and oxygen atoms in total. The molecule has 1 saturated heterocycles. The van der Waals surface area contributed by atoms with Crippen LogP contribution in [0.15, 0.2) is 48.9 Å². The van der Waals surface area contributed by atoms with E-state index in [9.17, 15) is 9.59 Å². The number of anilines is 2. The molecule has 2 aromatic heterocycles. The molecular formula is C23H24N6O3. The maximum absolute atomic E-state index is 12.3. The summed E-state index contributed by atoms with van der Waals surface area (Å²) in [5.41, 5.74) is 3.88. The van der Waals surface area contributed by atoms with E-state index in [-0.39, 0.29) is 11.8 Å². The molecule has 0 radical (unpaired) electrons. The number of rotatable bonds is 6. The number of carbonyl (C=O) groups is 2. The zero-order valence-corrected chi connectivity index (χ0v) is 17.9. The molecule has 3 N–H and O–H groups in total. The van der Waals surface area contributed by atoms with Crippen molar-refractivity contribution in [2.24, 2.45) is 5.92 Å². The molecule has 0 saturated carbocycles. The van der Waals surface area contributed by atoms with Crippen LogP contribution < -0.4 is 20.7 Å². The molecule has 9 heteroatoms. The number of nitrogens with one attached hydrogen (secondary N) is 3. The van der Waals surface area contributed by atoms with Gasteiger partial charge >= 0.3 is 6.03 Å².